The van der Waals surface area contributed by atoms with Crippen molar-refractivity contribution >= 4 is 39.9 Å². The van der Waals surface area contributed by atoms with E-state index >= 15 is 0 Å². The number of hydrogen-bond acceptors (Lipinski definition) is 4. The highest BCUT2D eigenvalue weighted by molar-refractivity contribution is 7.16. The largest absolute Gasteiger partial charge is 0.322 e. The van der Waals surface area contributed by atoms with Crippen molar-refractivity contribution in [2.24, 2.45) is 0 Å². The highest BCUT2D eigenvalue weighted by Crippen LogP contribution is 2.30. The van der Waals surface area contributed by atoms with Crippen molar-refractivity contribution in [2.45, 2.75) is 0 Å². The second kappa shape index (κ2) is 7.58. The topological polar surface area (TPSA) is 74.8 Å². The first kappa shape index (κ1) is 17.8. The van der Waals surface area contributed by atoms with Crippen LogP contribution in [0.5, 0.6) is 0 Å². The van der Waals surface area contributed by atoms with Gasteiger partial charge in [-0.15, -0.1) is 11.3 Å². The third kappa shape index (κ3) is 3.74. The maximum absolute atomic E-state index is 13.9. The third-order valence-electron chi connectivity index (χ3n) is 4.07. The van der Waals surface area contributed by atoms with E-state index in [4.69, 9.17) is 0 Å². The van der Waals surface area contributed by atoms with Gasteiger partial charge in [-0.05, 0) is 42.5 Å². The number of nitrogens with zero attached hydrogens (tertiary/aromatic N) is 1. The number of aromatic amines is 1. The average molecular weight is 391 g/mol. The Labute approximate surface area is 163 Å². The highest BCUT2D eigenvalue weighted by atomic mass is 32.1. The molecule has 0 unspecified atom stereocenters. The molecular weight excluding hydrogens is 377 g/mol. The molecule has 0 aliphatic heterocycles. The number of aromatic nitrogens is 2. The SMILES string of the molecule is O=C(C=Cc1ccc(-c2ccccc2F)s1)Nc1ccc2nc[nH]c(=O)c2c1. The Morgan fingerprint density at radius 3 is 2.86 bits per heavy atom. The summed E-state index contributed by atoms with van der Waals surface area (Å²) in [7, 11) is 0. The first-order valence-electron chi connectivity index (χ1n) is 8.41. The molecule has 2 aromatic carbocycles. The van der Waals surface area contributed by atoms with Gasteiger partial charge in [0.2, 0.25) is 5.91 Å². The first-order valence-corrected chi connectivity index (χ1v) is 9.23. The molecule has 0 radical (unpaired) electrons. The number of nitrogens with one attached hydrogen (secondary N) is 2. The minimum absolute atomic E-state index is 0.268. The molecule has 4 aromatic rings. The Bertz CT molecular complexity index is 1260. The number of fused-ring (bicyclic) bond motifs is 1. The van der Waals surface area contributed by atoms with E-state index in [2.05, 4.69) is 15.3 Å². The molecule has 7 heteroatoms. The second-order valence-corrected chi connectivity index (χ2v) is 7.08. The molecule has 2 heterocycles. The zero-order valence-electron chi connectivity index (χ0n) is 14.5. The summed E-state index contributed by atoms with van der Waals surface area (Å²) in [5, 5.41) is 3.12. The van der Waals surface area contributed by atoms with Crippen LogP contribution in [-0.4, -0.2) is 15.9 Å². The van der Waals surface area contributed by atoms with Gasteiger partial charge in [0, 0.05) is 27.1 Å². The lowest BCUT2D eigenvalue weighted by Crippen LogP contribution is -2.10. The number of carbonyl (C=O) groups excluding carboxylic acids is 1. The van der Waals surface area contributed by atoms with Gasteiger partial charge in [0.05, 0.1) is 17.2 Å². The van der Waals surface area contributed by atoms with Crippen LogP contribution < -0.4 is 10.9 Å². The van der Waals surface area contributed by atoms with Crippen molar-refractivity contribution in [1.29, 1.82) is 0 Å². The molecule has 5 nitrogen and oxygen atoms in total. The van der Waals surface area contributed by atoms with Gasteiger partial charge in [-0.25, -0.2) is 9.37 Å². The van der Waals surface area contributed by atoms with Gasteiger partial charge in [-0.1, -0.05) is 18.2 Å². The Balaban J connectivity index is 1.48. The summed E-state index contributed by atoms with van der Waals surface area (Å²) in [5.41, 5.74) is 1.32. The summed E-state index contributed by atoms with van der Waals surface area (Å²) < 4.78 is 13.9. The van der Waals surface area contributed by atoms with E-state index in [9.17, 15) is 14.0 Å². The van der Waals surface area contributed by atoms with Crippen molar-refractivity contribution in [3.8, 4) is 10.4 Å². The van der Waals surface area contributed by atoms with Crippen molar-refractivity contribution in [3.63, 3.8) is 0 Å². The lowest BCUT2D eigenvalue weighted by atomic mass is 10.2. The van der Waals surface area contributed by atoms with E-state index in [0.29, 0.717) is 22.2 Å². The molecule has 4 rings (SSSR count). The van der Waals surface area contributed by atoms with Crippen LogP contribution in [0.25, 0.3) is 27.4 Å². The number of benzene rings is 2. The Hall–Kier alpha value is -3.58. The van der Waals surface area contributed by atoms with Crippen LogP contribution in [0.3, 0.4) is 0 Å². The van der Waals surface area contributed by atoms with Crippen molar-refractivity contribution in [3.05, 3.63) is 88.0 Å². The van der Waals surface area contributed by atoms with E-state index < -0.39 is 0 Å². The quantitative estimate of drug-likeness (QED) is 0.505. The van der Waals surface area contributed by atoms with Gasteiger partial charge in [0.15, 0.2) is 0 Å². The van der Waals surface area contributed by atoms with E-state index in [0.717, 1.165) is 9.75 Å². The maximum Gasteiger partial charge on any atom is 0.258 e. The molecule has 0 aliphatic rings. The van der Waals surface area contributed by atoms with E-state index in [1.54, 1.807) is 42.5 Å². The molecule has 28 heavy (non-hydrogen) atoms. The summed E-state index contributed by atoms with van der Waals surface area (Å²) in [6.45, 7) is 0. The lowest BCUT2D eigenvalue weighted by Gasteiger charge is -2.03. The first-order chi connectivity index (χ1) is 13.6. The van der Waals surface area contributed by atoms with Gasteiger partial charge in [0.1, 0.15) is 5.82 Å². The molecule has 2 aromatic heterocycles. The van der Waals surface area contributed by atoms with Gasteiger partial charge in [0.25, 0.3) is 5.56 Å². The molecule has 0 fully saturated rings. The molecule has 0 saturated carbocycles. The number of anilines is 1. The van der Waals surface area contributed by atoms with Crippen LogP contribution >= 0.6 is 11.3 Å². The van der Waals surface area contributed by atoms with Gasteiger partial charge >= 0.3 is 0 Å². The number of H-pyrrole nitrogens is 1. The fourth-order valence-electron chi connectivity index (χ4n) is 2.74. The van der Waals surface area contributed by atoms with E-state index in [1.165, 1.54) is 29.8 Å². The smallest absolute Gasteiger partial charge is 0.258 e. The maximum atomic E-state index is 13.9. The van der Waals surface area contributed by atoms with Crippen LogP contribution in [0.1, 0.15) is 4.88 Å². The van der Waals surface area contributed by atoms with Crippen molar-refractivity contribution in [2.75, 3.05) is 5.32 Å². The number of hydrogen-bond donors (Lipinski definition) is 2. The summed E-state index contributed by atoms with van der Waals surface area (Å²) >= 11 is 1.39. The Morgan fingerprint density at radius 1 is 1.14 bits per heavy atom. The number of halogens is 1. The van der Waals surface area contributed by atoms with Crippen LogP contribution in [0.4, 0.5) is 10.1 Å². The van der Waals surface area contributed by atoms with Crippen LogP contribution in [0, 0.1) is 5.82 Å². The Kier molecular flexibility index (Phi) is 4.82. The molecule has 0 spiro atoms. The fourth-order valence-corrected chi connectivity index (χ4v) is 3.67. The molecule has 1 amide bonds. The minimum atomic E-state index is -0.333. The number of amides is 1. The summed E-state index contributed by atoms with van der Waals surface area (Å²) in [5.74, 6) is -0.612. The minimum Gasteiger partial charge on any atom is -0.322 e. The molecule has 138 valence electrons. The van der Waals surface area contributed by atoms with E-state index in [-0.39, 0.29) is 17.3 Å². The van der Waals surface area contributed by atoms with Crippen LogP contribution in [0.2, 0.25) is 0 Å². The normalized spacial score (nSPS) is 11.2. The van der Waals surface area contributed by atoms with Gasteiger partial charge in [-0.2, -0.15) is 0 Å². The van der Waals surface area contributed by atoms with Crippen molar-refractivity contribution < 1.29 is 9.18 Å². The molecule has 0 atom stereocenters. The molecule has 0 aliphatic carbocycles. The number of thiophene rings is 1. The number of rotatable bonds is 4. The summed E-state index contributed by atoms with van der Waals surface area (Å²) in [4.78, 5) is 32.2. The monoisotopic (exact) mass is 391 g/mol. The number of carbonyl (C=O) groups is 1. The predicted octanol–water partition coefficient (Wildman–Crippen LogP) is 4.44. The summed E-state index contributed by atoms with van der Waals surface area (Å²) in [6.07, 6.45) is 4.40. The predicted molar refractivity (Wildman–Crippen MR) is 110 cm³/mol. The van der Waals surface area contributed by atoms with Gasteiger partial charge < -0.3 is 10.3 Å². The van der Waals surface area contributed by atoms with Crippen LogP contribution in [0.15, 0.2) is 71.8 Å². The molecule has 0 saturated heterocycles. The fraction of sp³-hybridized carbons (Fsp3) is 0. The molecular formula is C21H14FN3O2S. The zero-order chi connectivity index (χ0) is 19.5. The van der Waals surface area contributed by atoms with Crippen molar-refractivity contribution in [1.82, 2.24) is 9.97 Å². The zero-order valence-corrected chi connectivity index (χ0v) is 15.3. The third-order valence-corrected chi connectivity index (χ3v) is 5.16. The standard InChI is InChI=1S/C21H14FN3O2S/c22-17-4-2-1-3-15(17)19-9-6-14(28-19)7-10-20(26)25-13-5-8-18-16(11-13)21(27)24-12-23-18/h1-12H,(H,25,26)(H,23,24,27). The second-order valence-electron chi connectivity index (χ2n) is 5.97. The summed E-state index contributed by atoms with van der Waals surface area (Å²) in [6, 6.07) is 15.2. The van der Waals surface area contributed by atoms with E-state index in [1.807, 2.05) is 12.1 Å². The average Bonchev–Trinajstić information content (AvgIpc) is 3.16. The Morgan fingerprint density at radius 2 is 2.00 bits per heavy atom. The molecule has 2 N–H and O–H groups in total. The van der Waals surface area contributed by atoms with Gasteiger partial charge in [-0.3, -0.25) is 9.59 Å². The molecule has 0 bridgehead atoms. The highest BCUT2D eigenvalue weighted by Gasteiger charge is 2.07. The lowest BCUT2D eigenvalue weighted by molar-refractivity contribution is -0.111. The van der Waals surface area contributed by atoms with Crippen LogP contribution in [-0.2, 0) is 4.79 Å².